The molecule has 0 atom stereocenters. The molecule has 1 heterocycles. The van der Waals surface area contributed by atoms with Crippen LogP contribution in [-0.4, -0.2) is 18.1 Å². The second-order valence-corrected chi connectivity index (χ2v) is 3.33. The van der Waals surface area contributed by atoms with Crippen LogP contribution in [0.5, 0.6) is 0 Å². The standard InChI is InChI=1S/C10H13F2N3O2/c1-17-8(16)3-7-6(9(11)12)2-5(4-13)10(14)15-7/h2,9H,3-4,13H2,1H3,(H2,14,15). The first kappa shape index (κ1) is 13.3. The Labute approximate surface area is 96.8 Å². The topological polar surface area (TPSA) is 91.2 Å². The number of ether oxygens (including phenoxy) is 1. The summed E-state index contributed by atoms with van der Waals surface area (Å²) in [4.78, 5) is 14.8. The van der Waals surface area contributed by atoms with Gasteiger partial charge in [0, 0.05) is 17.7 Å². The van der Waals surface area contributed by atoms with Crippen molar-refractivity contribution < 1.29 is 18.3 Å². The van der Waals surface area contributed by atoms with Gasteiger partial charge in [0.1, 0.15) is 5.82 Å². The van der Waals surface area contributed by atoms with E-state index in [1.54, 1.807) is 0 Å². The first-order valence-corrected chi connectivity index (χ1v) is 4.82. The highest BCUT2D eigenvalue weighted by Gasteiger charge is 2.19. The summed E-state index contributed by atoms with van der Waals surface area (Å²) in [6, 6.07) is 1.17. The van der Waals surface area contributed by atoms with Crippen LogP contribution < -0.4 is 11.5 Å². The van der Waals surface area contributed by atoms with Crippen LogP contribution in [0.25, 0.3) is 0 Å². The van der Waals surface area contributed by atoms with Gasteiger partial charge in [-0.15, -0.1) is 0 Å². The number of methoxy groups -OCH3 is 1. The molecule has 0 saturated heterocycles. The molecule has 0 bridgehead atoms. The first-order chi connectivity index (χ1) is 7.99. The van der Waals surface area contributed by atoms with Gasteiger partial charge in [-0.25, -0.2) is 13.8 Å². The second-order valence-electron chi connectivity index (χ2n) is 3.33. The zero-order valence-electron chi connectivity index (χ0n) is 9.24. The molecular formula is C10H13F2N3O2. The molecule has 0 aliphatic rings. The lowest BCUT2D eigenvalue weighted by atomic mass is 10.1. The number of carbonyl (C=O) groups is 1. The molecule has 1 aromatic heterocycles. The van der Waals surface area contributed by atoms with Crippen LogP contribution in [0.4, 0.5) is 14.6 Å². The molecule has 0 amide bonds. The summed E-state index contributed by atoms with van der Waals surface area (Å²) in [5.74, 6) is -0.602. The number of alkyl halides is 2. The Hall–Kier alpha value is -1.76. The Morgan fingerprint density at radius 2 is 2.24 bits per heavy atom. The number of aromatic nitrogens is 1. The van der Waals surface area contributed by atoms with Crippen LogP contribution in [0.3, 0.4) is 0 Å². The molecule has 7 heteroatoms. The lowest BCUT2D eigenvalue weighted by molar-refractivity contribution is -0.139. The SMILES string of the molecule is COC(=O)Cc1nc(N)c(CN)cc1C(F)F. The summed E-state index contributed by atoms with van der Waals surface area (Å²) in [5.41, 5.74) is 10.8. The van der Waals surface area contributed by atoms with E-state index in [2.05, 4.69) is 9.72 Å². The van der Waals surface area contributed by atoms with Crippen molar-refractivity contribution in [2.45, 2.75) is 19.4 Å². The number of rotatable bonds is 4. The summed E-state index contributed by atoms with van der Waals surface area (Å²) in [7, 11) is 1.17. The third-order valence-corrected chi connectivity index (χ3v) is 2.24. The predicted octanol–water partition coefficient (Wildman–Crippen LogP) is 0.776. The van der Waals surface area contributed by atoms with Crippen LogP contribution in [0.2, 0.25) is 0 Å². The molecule has 0 spiro atoms. The van der Waals surface area contributed by atoms with Crippen LogP contribution in [0.1, 0.15) is 23.2 Å². The van der Waals surface area contributed by atoms with Crippen LogP contribution >= 0.6 is 0 Å². The van der Waals surface area contributed by atoms with E-state index >= 15 is 0 Å². The second kappa shape index (κ2) is 5.53. The molecule has 0 saturated carbocycles. The van der Waals surface area contributed by atoms with Crippen LogP contribution in [-0.2, 0) is 22.5 Å². The number of hydrogen-bond acceptors (Lipinski definition) is 5. The number of nitrogens with two attached hydrogens (primary N) is 2. The molecule has 0 radical (unpaired) electrons. The van der Waals surface area contributed by atoms with Crippen molar-refractivity contribution in [3.63, 3.8) is 0 Å². The highest BCUT2D eigenvalue weighted by Crippen LogP contribution is 2.25. The van der Waals surface area contributed by atoms with Gasteiger partial charge in [0.15, 0.2) is 0 Å². The minimum atomic E-state index is -2.74. The quantitative estimate of drug-likeness (QED) is 0.765. The fourth-order valence-electron chi connectivity index (χ4n) is 1.33. The van der Waals surface area contributed by atoms with Crippen molar-refractivity contribution in [1.82, 2.24) is 4.98 Å². The van der Waals surface area contributed by atoms with Crippen molar-refractivity contribution >= 4 is 11.8 Å². The molecule has 0 fully saturated rings. The largest absolute Gasteiger partial charge is 0.469 e. The van der Waals surface area contributed by atoms with E-state index < -0.39 is 12.4 Å². The Morgan fingerprint density at radius 3 is 2.71 bits per heavy atom. The van der Waals surface area contributed by atoms with Gasteiger partial charge in [-0.2, -0.15) is 0 Å². The summed E-state index contributed by atoms with van der Waals surface area (Å²) < 4.78 is 29.9. The third-order valence-electron chi connectivity index (χ3n) is 2.24. The van der Waals surface area contributed by atoms with Gasteiger partial charge in [0.25, 0.3) is 6.43 Å². The van der Waals surface area contributed by atoms with Crippen molar-refractivity contribution in [1.29, 1.82) is 0 Å². The molecule has 4 N–H and O–H groups in total. The zero-order chi connectivity index (χ0) is 13.0. The van der Waals surface area contributed by atoms with Crippen LogP contribution in [0.15, 0.2) is 6.07 Å². The Balaban J connectivity index is 3.18. The minimum Gasteiger partial charge on any atom is -0.469 e. The van der Waals surface area contributed by atoms with E-state index in [0.29, 0.717) is 5.56 Å². The first-order valence-electron chi connectivity index (χ1n) is 4.82. The van der Waals surface area contributed by atoms with Gasteiger partial charge in [-0.1, -0.05) is 0 Å². The molecule has 94 valence electrons. The van der Waals surface area contributed by atoms with Crippen molar-refractivity contribution in [2.24, 2.45) is 5.73 Å². The molecule has 0 unspecified atom stereocenters. The maximum absolute atomic E-state index is 12.8. The fraction of sp³-hybridized carbons (Fsp3) is 0.400. The number of nitrogen functional groups attached to an aromatic ring is 1. The molecule has 1 aromatic rings. The Bertz CT molecular complexity index is 424. The molecular weight excluding hydrogens is 232 g/mol. The van der Waals surface area contributed by atoms with E-state index in [0.717, 1.165) is 0 Å². The van der Waals surface area contributed by atoms with Crippen molar-refractivity contribution in [3.05, 3.63) is 22.9 Å². The van der Waals surface area contributed by atoms with Gasteiger partial charge >= 0.3 is 5.97 Å². The summed E-state index contributed by atoms with van der Waals surface area (Å²) in [6.45, 7) is 0.0110. The normalized spacial score (nSPS) is 10.6. The molecule has 0 aromatic carbocycles. The maximum Gasteiger partial charge on any atom is 0.311 e. The number of halogens is 2. The van der Waals surface area contributed by atoms with E-state index in [-0.39, 0.29) is 30.0 Å². The van der Waals surface area contributed by atoms with Crippen LogP contribution in [0, 0.1) is 0 Å². The molecule has 5 nitrogen and oxygen atoms in total. The van der Waals surface area contributed by atoms with Crippen molar-refractivity contribution in [3.8, 4) is 0 Å². The molecule has 17 heavy (non-hydrogen) atoms. The average molecular weight is 245 g/mol. The number of nitrogens with zero attached hydrogens (tertiary/aromatic N) is 1. The fourth-order valence-corrected chi connectivity index (χ4v) is 1.33. The molecule has 1 rings (SSSR count). The van der Waals surface area contributed by atoms with E-state index in [1.165, 1.54) is 13.2 Å². The van der Waals surface area contributed by atoms with Gasteiger partial charge in [0.05, 0.1) is 19.2 Å². The number of hydrogen-bond donors (Lipinski definition) is 2. The van der Waals surface area contributed by atoms with Gasteiger partial charge in [-0.3, -0.25) is 4.79 Å². The molecule has 0 aliphatic heterocycles. The number of pyridine rings is 1. The Kier molecular flexibility index (Phi) is 4.33. The number of carbonyl (C=O) groups excluding carboxylic acids is 1. The van der Waals surface area contributed by atoms with Gasteiger partial charge in [0.2, 0.25) is 0 Å². The number of anilines is 1. The number of esters is 1. The van der Waals surface area contributed by atoms with Gasteiger partial charge < -0.3 is 16.2 Å². The highest BCUT2D eigenvalue weighted by atomic mass is 19.3. The minimum absolute atomic E-state index is 0.0110. The Morgan fingerprint density at radius 1 is 1.59 bits per heavy atom. The van der Waals surface area contributed by atoms with E-state index in [1.807, 2.05) is 0 Å². The van der Waals surface area contributed by atoms with Crippen molar-refractivity contribution in [2.75, 3.05) is 12.8 Å². The lowest BCUT2D eigenvalue weighted by Crippen LogP contribution is -2.13. The average Bonchev–Trinajstić information content (AvgIpc) is 2.28. The maximum atomic E-state index is 12.8. The van der Waals surface area contributed by atoms with Gasteiger partial charge in [-0.05, 0) is 6.07 Å². The summed E-state index contributed by atoms with van der Waals surface area (Å²) in [5, 5.41) is 0. The smallest absolute Gasteiger partial charge is 0.311 e. The zero-order valence-corrected chi connectivity index (χ0v) is 9.24. The van der Waals surface area contributed by atoms with E-state index in [9.17, 15) is 13.6 Å². The summed E-state index contributed by atoms with van der Waals surface area (Å²) >= 11 is 0. The monoisotopic (exact) mass is 245 g/mol. The van der Waals surface area contributed by atoms with E-state index in [4.69, 9.17) is 11.5 Å². The molecule has 0 aliphatic carbocycles. The lowest BCUT2D eigenvalue weighted by Gasteiger charge is -2.11. The predicted molar refractivity (Wildman–Crippen MR) is 57.2 cm³/mol. The highest BCUT2D eigenvalue weighted by molar-refractivity contribution is 5.72. The third kappa shape index (κ3) is 3.10. The summed E-state index contributed by atoms with van der Waals surface area (Å²) in [6.07, 6.45) is -3.08.